The first kappa shape index (κ1) is 18.1. The van der Waals surface area contributed by atoms with Gasteiger partial charge >= 0.3 is 0 Å². The van der Waals surface area contributed by atoms with Crippen LogP contribution in [0.4, 0.5) is 5.95 Å². The summed E-state index contributed by atoms with van der Waals surface area (Å²) in [6.45, 7) is 2.29. The summed E-state index contributed by atoms with van der Waals surface area (Å²) in [7, 11) is 0. The second-order valence-corrected chi connectivity index (χ2v) is 6.70. The molecule has 0 aliphatic rings. The van der Waals surface area contributed by atoms with E-state index in [9.17, 15) is 0 Å². The Hall–Kier alpha value is -3.31. The van der Waals surface area contributed by atoms with Crippen molar-refractivity contribution >= 4 is 17.5 Å². The lowest BCUT2D eigenvalue weighted by molar-refractivity contribution is 0.477. The summed E-state index contributed by atoms with van der Waals surface area (Å²) < 4.78 is 6.10. The molecule has 0 saturated heterocycles. The van der Waals surface area contributed by atoms with Crippen LogP contribution in [-0.2, 0) is 6.54 Å². The Morgan fingerprint density at radius 2 is 1.68 bits per heavy atom. The second-order valence-electron chi connectivity index (χ2n) is 6.29. The van der Waals surface area contributed by atoms with E-state index in [1.165, 1.54) is 5.56 Å². The van der Waals surface area contributed by atoms with Gasteiger partial charge in [-0.05, 0) is 42.3 Å². The zero-order valence-electron chi connectivity index (χ0n) is 15.3. The number of aromatic amines is 1. The minimum atomic E-state index is 0.464. The maximum atomic E-state index is 6.41. The van der Waals surface area contributed by atoms with Gasteiger partial charge in [-0.1, -0.05) is 60.1 Å². The van der Waals surface area contributed by atoms with Crippen molar-refractivity contribution in [3.63, 3.8) is 0 Å². The number of nitrogens with one attached hydrogen (secondary N) is 2. The molecule has 0 fully saturated rings. The minimum Gasteiger partial charge on any atom is -0.457 e. The average molecular weight is 391 g/mol. The van der Waals surface area contributed by atoms with E-state index in [0.29, 0.717) is 29.1 Å². The van der Waals surface area contributed by atoms with Gasteiger partial charge in [0.1, 0.15) is 17.3 Å². The molecule has 0 atom stereocenters. The molecule has 2 N–H and O–H groups in total. The number of anilines is 1. The van der Waals surface area contributed by atoms with Crippen molar-refractivity contribution in [3.8, 4) is 22.6 Å². The monoisotopic (exact) mass is 390 g/mol. The topological polar surface area (TPSA) is 62.8 Å². The van der Waals surface area contributed by atoms with Gasteiger partial charge in [-0.25, -0.2) is 5.10 Å². The predicted octanol–water partition coefficient (Wildman–Crippen LogP) is 5.84. The van der Waals surface area contributed by atoms with Gasteiger partial charge in [0.25, 0.3) is 0 Å². The van der Waals surface area contributed by atoms with E-state index in [0.717, 1.165) is 16.9 Å². The number of halogens is 1. The molecule has 3 aromatic carbocycles. The molecule has 0 bridgehead atoms. The lowest BCUT2D eigenvalue weighted by Crippen LogP contribution is -2.03. The van der Waals surface area contributed by atoms with Gasteiger partial charge < -0.3 is 10.1 Å². The summed E-state index contributed by atoms with van der Waals surface area (Å²) in [5.41, 5.74) is 3.16. The minimum absolute atomic E-state index is 0.464. The maximum Gasteiger partial charge on any atom is 0.218 e. The smallest absolute Gasteiger partial charge is 0.218 e. The van der Waals surface area contributed by atoms with Crippen molar-refractivity contribution < 1.29 is 4.74 Å². The largest absolute Gasteiger partial charge is 0.457 e. The molecule has 0 amide bonds. The van der Waals surface area contributed by atoms with Gasteiger partial charge in [-0.3, -0.25) is 0 Å². The lowest BCUT2D eigenvalue weighted by atomic mass is 10.1. The fraction of sp³-hybridized carbons (Fsp3) is 0.0909. The molecule has 5 nitrogen and oxygen atoms in total. The maximum absolute atomic E-state index is 6.41. The molecule has 0 unspecified atom stereocenters. The Kier molecular flexibility index (Phi) is 5.26. The summed E-state index contributed by atoms with van der Waals surface area (Å²) in [4.78, 5) is 4.25. The lowest BCUT2D eigenvalue weighted by Gasteiger charge is -2.13. The molecule has 4 rings (SSSR count). The summed E-state index contributed by atoms with van der Waals surface area (Å²) >= 11 is 6.41. The van der Waals surface area contributed by atoms with Gasteiger partial charge in [-0.15, -0.1) is 0 Å². The van der Waals surface area contributed by atoms with E-state index < -0.39 is 0 Å². The summed E-state index contributed by atoms with van der Waals surface area (Å²) in [6, 6.07) is 23.9. The van der Waals surface area contributed by atoms with Crippen LogP contribution in [0.3, 0.4) is 0 Å². The molecule has 1 heterocycles. The van der Waals surface area contributed by atoms with Crippen LogP contribution in [0, 0.1) is 6.92 Å². The molecular weight excluding hydrogens is 372 g/mol. The molecule has 0 spiro atoms. The average Bonchev–Trinajstić information content (AvgIpc) is 3.14. The summed E-state index contributed by atoms with van der Waals surface area (Å²) in [5, 5.41) is 10.7. The van der Waals surface area contributed by atoms with Gasteiger partial charge in [0, 0.05) is 17.1 Å². The number of nitrogens with zero attached hydrogens (tertiary/aromatic N) is 2. The van der Waals surface area contributed by atoms with Crippen molar-refractivity contribution in [2.45, 2.75) is 13.5 Å². The predicted molar refractivity (Wildman–Crippen MR) is 112 cm³/mol. The van der Waals surface area contributed by atoms with Crippen LogP contribution < -0.4 is 10.1 Å². The third-order valence-electron chi connectivity index (χ3n) is 4.29. The highest BCUT2D eigenvalue weighted by Crippen LogP contribution is 2.32. The SMILES string of the molecule is Cc1n[nH]c(NCc2c(Cl)cccc2Oc2ccc(-c3ccccc3)cc2)n1. The number of hydrogen-bond donors (Lipinski definition) is 2. The van der Waals surface area contributed by atoms with Crippen LogP contribution in [0.15, 0.2) is 72.8 Å². The van der Waals surface area contributed by atoms with Crippen LogP contribution in [0.25, 0.3) is 11.1 Å². The molecule has 0 aliphatic carbocycles. The fourth-order valence-corrected chi connectivity index (χ4v) is 3.11. The molecule has 4 aromatic rings. The Morgan fingerprint density at radius 1 is 0.929 bits per heavy atom. The van der Waals surface area contributed by atoms with E-state index in [2.05, 4.69) is 32.6 Å². The quantitative estimate of drug-likeness (QED) is 0.434. The van der Waals surface area contributed by atoms with E-state index in [4.69, 9.17) is 16.3 Å². The third kappa shape index (κ3) is 4.15. The first-order chi connectivity index (χ1) is 13.7. The van der Waals surface area contributed by atoms with Crippen molar-refractivity contribution in [2.75, 3.05) is 5.32 Å². The number of aryl methyl sites for hydroxylation is 1. The summed E-state index contributed by atoms with van der Waals surface area (Å²) in [6.07, 6.45) is 0. The number of hydrogen-bond acceptors (Lipinski definition) is 4. The molecule has 0 aliphatic heterocycles. The number of ether oxygens (including phenoxy) is 1. The molecule has 140 valence electrons. The van der Waals surface area contributed by atoms with E-state index >= 15 is 0 Å². The van der Waals surface area contributed by atoms with E-state index in [1.54, 1.807) is 0 Å². The van der Waals surface area contributed by atoms with Crippen LogP contribution in [0.5, 0.6) is 11.5 Å². The third-order valence-corrected chi connectivity index (χ3v) is 4.65. The van der Waals surface area contributed by atoms with E-state index in [1.807, 2.05) is 67.6 Å². The first-order valence-corrected chi connectivity index (χ1v) is 9.30. The van der Waals surface area contributed by atoms with Crippen LogP contribution in [0.1, 0.15) is 11.4 Å². The van der Waals surface area contributed by atoms with Crippen molar-refractivity contribution in [2.24, 2.45) is 0 Å². The molecule has 0 radical (unpaired) electrons. The molecular formula is C22H19ClN4O. The Bertz CT molecular complexity index is 1060. The Morgan fingerprint density at radius 3 is 2.39 bits per heavy atom. The highest BCUT2D eigenvalue weighted by Gasteiger charge is 2.11. The van der Waals surface area contributed by atoms with Crippen molar-refractivity contribution in [1.82, 2.24) is 15.2 Å². The molecule has 28 heavy (non-hydrogen) atoms. The van der Waals surface area contributed by atoms with Crippen LogP contribution >= 0.6 is 11.6 Å². The Labute approximate surface area is 168 Å². The number of H-pyrrole nitrogens is 1. The first-order valence-electron chi connectivity index (χ1n) is 8.92. The zero-order valence-corrected chi connectivity index (χ0v) is 16.1. The number of rotatable bonds is 6. The fourth-order valence-electron chi connectivity index (χ4n) is 2.88. The zero-order chi connectivity index (χ0) is 19.3. The highest BCUT2D eigenvalue weighted by molar-refractivity contribution is 6.31. The van der Waals surface area contributed by atoms with Gasteiger partial charge in [-0.2, -0.15) is 10.1 Å². The van der Waals surface area contributed by atoms with Crippen LogP contribution in [0.2, 0.25) is 5.02 Å². The molecule has 1 aromatic heterocycles. The number of benzene rings is 3. The van der Waals surface area contributed by atoms with E-state index in [-0.39, 0.29) is 0 Å². The van der Waals surface area contributed by atoms with Crippen molar-refractivity contribution in [1.29, 1.82) is 0 Å². The van der Waals surface area contributed by atoms with Gasteiger partial charge in [0.15, 0.2) is 0 Å². The molecule has 6 heteroatoms. The van der Waals surface area contributed by atoms with Crippen molar-refractivity contribution in [3.05, 3.63) is 89.2 Å². The number of aromatic nitrogens is 3. The molecule has 0 saturated carbocycles. The second kappa shape index (κ2) is 8.15. The van der Waals surface area contributed by atoms with Gasteiger partial charge in [0.05, 0.1) is 0 Å². The Balaban J connectivity index is 1.52. The standard InChI is InChI=1S/C22H19ClN4O/c1-15-25-22(27-26-15)24-14-19-20(23)8-5-9-21(19)28-18-12-10-17(11-13-18)16-6-3-2-4-7-16/h2-13H,14H2,1H3,(H2,24,25,26,27). The highest BCUT2D eigenvalue weighted by atomic mass is 35.5. The summed E-state index contributed by atoms with van der Waals surface area (Å²) in [5.74, 6) is 2.72. The van der Waals surface area contributed by atoms with Gasteiger partial charge in [0.2, 0.25) is 5.95 Å². The normalized spacial score (nSPS) is 10.6. The van der Waals surface area contributed by atoms with Crippen LogP contribution in [-0.4, -0.2) is 15.2 Å².